The van der Waals surface area contributed by atoms with Crippen molar-refractivity contribution in [3.05, 3.63) is 28.5 Å². The van der Waals surface area contributed by atoms with Crippen LogP contribution >= 0.6 is 11.6 Å². The van der Waals surface area contributed by atoms with Crippen molar-refractivity contribution >= 4 is 23.5 Å². The molecule has 110 valence electrons. The van der Waals surface area contributed by atoms with Gasteiger partial charge in [0, 0.05) is 17.3 Å². The van der Waals surface area contributed by atoms with Crippen LogP contribution in [0, 0.1) is 0 Å². The minimum Gasteiger partial charge on any atom is -0.481 e. The van der Waals surface area contributed by atoms with Crippen LogP contribution < -0.4 is 5.32 Å². The van der Waals surface area contributed by atoms with Gasteiger partial charge in [0.2, 0.25) is 0 Å². The van der Waals surface area contributed by atoms with Crippen LogP contribution in [0.4, 0.5) is 0 Å². The summed E-state index contributed by atoms with van der Waals surface area (Å²) < 4.78 is 0. The number of carbonyl (C=O) groups excluding carboxylic acids is 1. The van der Waals surface area contributed by atoms with Gasteiger partial charge in [-0.25, -0.2) is 4.98 Å². The number of pyridine rings is 1. The van der Waals surface area contributed by atoms with E-state index < -0.39 is 5.97 Å². The maximum Gasteiger partial charge on any atom is 0.305 e. The van der Waals surface area contributed by atoms with Crippen LogP contribution in [0.15, 0.2) is 12.1 Å². The Morgan fingerprint density at radius 3 is 2.65 bits per heavy atom. The fourth-order valence-electron chi connectivity index (χ4n) is 1.84. The molecule has 0 aromatic carbocycles. The summed E-state index contributed by atoms with van der Waals surface area (Å²) in [4.78, 5) is 27.0. The van der Waals surface area contributed by atoms with Crippen LogP contribution in [-0.4, -0.2) is 28.0 Å². The monoisotopic (exact) mass is 298 g/mol. The number of rotatable bonds is 7. The van der Waals surface area contributed by atoms with Crippen molar-refractivity contribution in [2.75, 3.05) is 0 Å². The number of carbonyl (C=O) groups is 2. The van der Waals surface area contributed by atoms with Crippen LogP contribution in [0.1, 0.15) is 49.2 Å². The van der Waals surface area contributed by atoms with Gasteiger partial charge in [-0.2, -0.15) is 0 Å². The molecule has 0 fully saturated rings. The van der Waals surface area contributed by atoms with Gasteiger partial charge in [0.1, 0.15) is 5.15 Å². The van der Waals surface area contributed by atoms with Gasteiger partial charge in [0.05, 0.1) is 6.42 Å². The Kier molecular flexibility index (Phi) is 6.45. The van der Waals surface area contributed by atoms with Crippen molar-refractivity contribution in [2.24, 2.45) is 0 Å². The van der Waals surface area contributed by atoms with Crippen molar-refractivity contribution in [2.45, 2.75) is 45.6 Å². The van der Waals surface area contributed by atoms with Gasteiger partial charge in [0.15, 0.2) is 0 Å². The number of aromatic nitrogens is 1. The van der Waals surface area contributed by atoms with E-state index in [9.17, 15) is 9.59 Å². The van der Waals surface area contributed by atoms with Crippen molar-refractivity contribution in [1.82, 2.24) is 10.3 Å². The number of aliphatic carboxylic acids is 1. The highest BCUT2D eigenvalue weighted by molar-refractivity contribution is 6.29. The van der Waals surface area contributed by atoms with Crippen molar-refractivity contribution < 1.29 is 14.7 Å². The number of nitrogens with zero attached hydrogens (tertiary/aromatic N) is 1. The van der Waals surface area contributed by atoms with Crippen LogP contribution in [0.3, 0.4) is 0 Å². The Bertz CT molecular complexity index is 491. The van der Waals surface area contributed by atoms with E-state index in [4.69, 9.17) is 16.7 Å². The molecule has 2 N–H and O–H groups in total. The molecule has 1 aromatic heterocycles. The van der Waals surface area contributed by atoms with Crippen LogP contribution in [-0.2, 0) is 11.2 Å². The van der Waals surface area contributed by atoms with E-state index >= 15 is 0 Å². The summed E-state index contributed by atoms with van der Waals surface area (Å²) in [7, 11) is 0. The van der Waals surface area contributed by atoms with Gasteiger partial charge in [-0.3, -0.25) is 9.59 Å². The molecule has 0 aliphatic rings. The molecule has 20 heavy (non-hydrogen) atoms. The largest absolute Gasteiger partial charge is 0.481 e. The highest BCUT2D eigenvalue weighted by Crippen LogP contribution is 2.13. The van der Waals surface area contributed by atoms with E-state index in [2.05, 4.69) is 10.3 Å². The summed E-state index contributed by atoms with van der Waals surface area (Å²) in [6.45, 7) is 3.85. The van der Waals surface area contributed by atoms with Crippen molar-refractivity contribution in [3.8, 4) is 0 Å². The third-order valence-electron chi connectivity index (χ3n) is 2.86. The minimum absolute atomic E-state index is 0.0944. The molecule has 0 spiro atoms. The second-order valence-corrected chi connectivity index (χ2v) is 4.98. The smallest absolute Gasteiger partial charge is 0.305 e. The zero-order valence-electron chi connectivity index (χ0n) is 11.6. The number of aryl methyl sites for hydroxylation is 1. The zero-order valence-corrected chi connectivity index (χ0v) is 12.4. The van der Waals surface area contributed by atoms with Gasteiger partial charge in [-0.05, 0) is 25.0 Å². The second kappa shape index (κ2) is 7.85. The van der Waals surface area contributed by atoms with Gasteiger partial charge < -0.3 is 10.4 Å². The van der Waals surface area contributed by atoms with Crippen LogP contribution in [0.5, 0.6) is 0 Å². The van der Waals surface area contributed by atoms with Gasteiger partial charge >= 0.3 is 5.97 Å². The third kappa shape index (κ3) is 5.17. The molecule has 0 aliphatic carbocycles. The zero-order chi connectivity index (χ0) is 15.1. The predicted octanol–water partition coefficient (Wildman–Crippen LogP) is 2.67. The Morgan fingerprint density at radius 1 is 1.40 bits per heavy atom. The maximum absolute atomic E-state index is 12.1. The Balaban J connectivity index is 2.82. The van der Waals surface area contributed by atoms with E-state index in [1.807, 2.05) is 13.8 Å². The van der Waals surface area contributed by atoms with Gasteiger partial charge in [-0.1, -0.05) is 31.9 Å². The molecular formula is C14H19ClN2O3. The fourth-order valence-corrected chi connectivity index (χ4v) is 2.07. The number of hydrogen-bond acceptors (Lipinski definition) is 3. The highest BCUT2D eigenvalue weighted by atomic mass is 35.5. The number of halogens is 1. The molecule has 0 saturated carbocycles. The molecule has 1 heterocycles. The summed E-state index contributed by atoms with van der Waals surface area (Å²) in [5.74, 6) is -1.25. The third-order valence-corrected chi connectivity index (χ3v) is 3.06. The summed E-state index contributed by atoms with van der Waals surface area (Å²) in [5, 5.41) is 11.7. The summed E-state index contributed by atoms with van der Waals surface area (Å²) >= 11 is 5.90. The lowest BCUT2D eigenvalue weighted by Gasteiger charge is -2.15. The Hall–Kier alpha value is -1.62. The first-order chi connectivity index (χ1) is 9.46. The van der Waals surface area contributed by atoms with E-state index in [0.717, 1.165) is 18.5 Å². The number of carboxylic acids is 1. The van der Waals surface area contributed by atoms with E-state index in [1.54, 1.807) is 6.07 Å². The molecular weight excluding hydrogens is 280 g/mol. The lowest BCUT2D eigenvalue weighted by molar-refractivity contribution is -0.137. The van der Waals surface area contributed by atoms with E-state index in [-0.39, 0.29) is 23.5 Å². The lowest BCUT2D eigenvalue weighted by atomic mass is 10.1. The lowest BCUT2D eigenvalue weighted by Crippen LogP contribution is -2.36. The molecule has 6 heteroatoms. The number of amides is 1. The predicted molar refractivity (Wildman–Crippen MR) is 77.0 cm³/mol. The first kappa shape index (κ1) is 16.4. The Labute approximate surface area is 123 Å². The molecule has 5 nitrogen and oxygen atoms in total. The normalized spacial score (nSPS) is 11.9. The molecule has 1 unspecified atom stereocenters. The average Bonchev–Trinajstić information content (AvgIpc) is 2.37. The highest BCUT2D eigenvalue weighted by Gasteiger charge is 2.16. The van der Waals surface area contributed by atoms with E-state index in [0.29, 0.717) is 12.0 Å². The average molecular weight is 299 g/mol. The minimum atomic E-state index is -0.934. The first-order valence-electron chi connectivity index (χ1n) is 6.65. The molecule has 0 saturated heterocycles. The standard InChI is InChI=1S/C14H19ClN2O3/c1-3-5-11-6-9(7-12(15)16-11)14(20)17-10(4-2)8-13(18)19/h6-7,10H,3-5,8H2,1-2H3,(H,17,20)(H,18,19). The molecule has 0 radical (unpaired) electrons. The summed E-state index contributed by atoms with van der Waals surface area (Å²) in [6.07, 6.45) is 2.11. The fraction of sp³-hybridized carbons (Fsp3) is 0.500. The summed E-state index contributed by atoms with van der Waals surface area (Å²) in [6, 6.07) is 2.79. The Morgan fingerprint density at radius 2 is 2.10 bits per heavy atom. The summed E-state index contributed by atoms with van der Waals surface area (Å²) in [5.41, 5.74) is 1.17. The van der Waals surface area contributed by atoms with Crippen LogP contribution in [0.25, 0.3) is 0 Å². The SMILES string of the molecule is CCCc1cc(C(=O)NC(CC)CC(=O)O)cc(Cl)n1. The van der Waals surface area contributed by atoms with Crippen molar-refractivity contribution in [1.29, 1.82) is 0 Å². The molecule has 1 aromatic rings. The molecule has 0 bridgehead atoms. The number of hydrogen-bond donors (Lipinski definition) is 2. The first-order valence-corrected chi connectivity index (χ1v) is 7.03. The van der Waals surface area contributed by atoms with Gasteiger partial charge in [-0.15, -0.1) is 0 Å². The van der Waals surface area contributed by atoms with Crippen LogP contribution in [0.2, 0.25) is 5.15 Å². The van der Waals surface area contributed by atoms with Crippen molar-refractivity contribution in [3.63, 3.8) is 0 Å². The molecule has 1 atom stereocenters. The van der Waals surface area contributed by atoms with E-state index in [1.165, 1.54) is 6.07 Å². The second-order valence-electron chi connectivity index (χ2n) is 4.60. The van der Waals surface area contributed by atoms with Gasteiger partial charge in [0.25, 0.3) is 5.91 Å². The maximum atomic E-state index is 12.1. The number of carboxylic acid groups (broad SMARTS) is 1. The quantitative estimate of drug-likeness (QED) is 0.759. The number of nitrogens with one attached hydrogen (secondary N) is 1. The molecule has 1 amide bonds. The topological polar surface area (TPSA) is 79.3 Å². The molecule has 0 aliphatic heterocycles. The molecule has 1 rings (SSSR count).